The van der Waals surface area contributed by atoms with Crippen molar-refractivity contribution in [2.45, 2.75) is 31.2 Å². The number of ether oxygens (including phenoxy) is 1. The summed E-state index contributed by atoms with van der Waals surface area (Å²) in [5, 5.41) is 0.422. The molecule has 1 aliphatic rings. The van der Waals surface area contributed by atoms with Crippen LogP contribution in [0.1, 0.15) is 37.1 Å². The second-order valence-electron chi connectivity index (χ2n) is 7.88. The third-order valence-electron chi connectivity index (χ3n) is 5.93. The fourth-order valence-corrected chi connectivity index (χ4v) is 4.51. The molecule has 0 radical (unpaired) electrons. The SMILES string of the molecule is CN(C(=O)COC(=O)C=Cc1nc2ccccc2o1)C1(c2ccccc2Cl)CCCCC1=O. The summed E-state index contributed by atoms with van der Waals surface area (Å²) in [6.07, 6.45) is 4.89. The lowest BCUT2D eigenvalue weighted by atomic mass is 9.74. The number of likely N-dealkylation sites (N-methyl/N-ethyl adjacent to an activating group) is 1. The van der Waals surface area contributed by atoms with Crippen LogP contribution in [0.4, 0.5) is 0 Å². The molecule has 0 spiro atoms. The number of halogens is 1. The molecule has 3 aromatic rings. The maximum absolute atomic E-state index is 13.1. The summed E-state index contributed by atoms with van der Waals surface area (Å²) in [5.74, 6) is -1.03. The molecule has 1 unspecified atom stereocenters. The van der Waals surface area contributed by atoms with E-state index in [1.807, 2.05) is 12.1 Å². The van der Waals surface area contributed by atoms with E-state index in [1.54, 1.807) is 43.4 Å². The van der Waals surface area contributed by atoms with Crippen molar-refractivity contribution in [3.8, 4) is 0 Å². The number of hydrogen-bond donors (Lipinski definition) is 0. The zero-order chi connectivity index (χ0) is 23.4. The summed E-state index contributed by atoms with van der Waals surface area (Å²) in [6.45, 7) is -0.507. The second-order valence-corrected chi connectivity index (χ2v) is 8.29. The van der Waals surface area contributed by atoms with E-state index < -0.39 is 24.0 Å². The number of fused-ring (bicyclic) bond motifs is 1. The van der Waals surface area contributed by atoms with Crippen molar-refractivity contribution in [2.75, 3.05) is 13.7 Å². The molecule has 1 amide bonds. The molecule has 1 aromatic heterocycles. The Morgan fingerprint density at radius 1 is 1.18 bits per heavy atom. The Hall–Kier alpha value is -3.45. The predicted molar refractivity (Wildman–Crippen MR) is 123 cm³/mol. The molecule has 0 aliphatic heterocycles. The molecular weight excluding hydrogens is 444 g/mol. The molecule has 0 saturated heterocycles. The molecule has 7 nitrogen and oxygen atoms in total. The lowest BCUT2D eigenvalue weighted by Crippen LogP contribution is -2.55. The first-order valence-electron chi connectivity index (χ1n) is 10.7. The van der Waals surface area contributed by atoms with Gasteiger partial charge in [-0.2, -0.15) is 0 Å². The Bertz CT molecular complexity index is 1200. The summed E-state index contributed by atoms with van der Waals surface area (Å²) in [7, 11) is 1.55. The van der Waals surface area contributed by atoms with Gasteiger partial charge in [-0.15, -0.1) is 0 Å². The lowest BCUT2D eigenvalue weighted by molar-refractivity contribution is -0.155. The molecule has 33 heavy (non-hydrogen) atoms. The van der Waals surface area contributed by atoms with Crippen LogP contribution in [0, 0.1) is 0 Å². The average molecular weight is 467 g/mol. The molecule has 0 N–H and O–H groups in total. The van der Waals surface area contributed by atoms with E-state index in [1.165, 1.54) is 11.0 Å². The van der Waals surface area contributed by atoms with E-state index >= 15 is 0 Å². The smallest absolute Gasteiger partial charge is 0.331 e. The van der Waals surface area contributed by atoms with Crippen molar-refractivity contribution in [3.05, 3.63) is 71.1 Å². The van der Waals surface area contributed by atoms with Gasteiger partial charge in [0.25, 0.3) is 5.91 Å². The van der Waals surface area contributed by atoms with Crippen LogP contribution in [-0.2, 0) is 24.7 Å². The van der Waals surface area contributed by atoms with Crippen molar-refractivity contribution in [1.29, 1.82) is 0 Å². The molecule has 2 aromatic carbocycles. The van der Waals surface area contributed by atoms with E-state index in [-0.39, 0.29) is 11.7 Å². The Balaban J connectivity index is 1.45. The molecule has 1 saturated carbocycles. The van der Waals surface area contributed by atoms with Gasteiger partial charge in [-0.1, -0.05) is 41.9 Å². The van der Waals surface area contributed by atoms with Gasteiger partial charge >= 0.3 is 5.97 Å². The maximum Gasteiger partial charge on any atom is 0.331 e. The standard InChI is InChI=1S/C25H23ClN2O5/c1-28(25(15-7-6-12-21(25)29)17-8-2-3-9-18(17)26)23(30)16-32-24(31)14-13-22-27-19-10-4-5-11-20(19)33-22/h2-5,8-11,13-14H,6-7,12,15-16H2,1H3. The molecule has 0 bridgehead atoms. The first-order chi connectivity index (χ1) is 15.9. The number of oxazole rings is 1. The fraction of sp³-hybridized carbons (Fsp3) is 0.280. The van der Waals surface area contributed by atoms with E-state index in [4.69, 9.17) is 20.8 Å². The van der Waals surface area contributed by atoms with Crippen molar-refractivity contribution in [1.82, 2.24) is 9.88 Å². The maximum atomic E-state index is 13.1. The molecule has 170 valence electrons. The molecule has 1 atom stereocenters. The number of para-hydroxylation sites is 2. The third kappa shape index (κ3) is 4.54. The number of rotatable bonds is 6. The number of hydrogen-bond acceptors (Lipinski definition) is 6. The summed E-state index contributed by atoms with van der Waals surface area (Å²) >= 11 is 6.42. The molecule has 8 heteroatoms. The van der Waals surface area contributed by atoms with Gasteiger partial charge in [-0.3, -0.25) is 9.59 Å². The molecule has 1 aliphatic carbocycles. The zero-order valence-electron chi connectivity index (χ0n) is 18.1. The number of carbonyl (C=O) groups excluding carboxylic acids is 3. The van der Waals surface area contributed by atoms with Gasteiger partial charge in [0.1, 0.15) is 11.1 Å². The highest BCUT2D eigenvalue weighted by Gasteiger charge is 2.47. The Morgan fingerprint density at radius 3 is 2.70 bits per heavy atom. The average Bonchev–Trinajstić information content (AvgIpc) is 3.25. The van der Waals surface area contributed by atoms with Gasteiger partial charge in [0, 0.05) is 36.2 Å². The Morgan fingerprint density at radius 2 is 1.94 bits per heavy atom. The van der Waals surface area contributed by atoms with Crippen molar-refractivity contribution < 1.29 is 23.5 Å². The van der Waals surface area contributed by atoms with Crippen LogP contribution in [0.15, 0.2) is 59.0 Å². The minimum Gasteiger partial charge on any atom is -0.452 e. The molecule has 1 heterocycles. The van der Waals surface area contributed by atoms with Crippen molar-refractivity contribution in [2.24, 2.45) is 0 Å². The van der Waals surface area contributed by atoms with Gasteiger partial charge in [-0.25, -0.2) is 9.78 Å². The van der Waals surface area contributed by atoms with Crippen LogP contribution in [0.2, 0.25) is 5.02 Å². The van der Waals surface area contributed by atoms with Crippen LogP contribution in [0.3, 0.4) is 0 Å². The highest BCUT2D eigenvalue weighted by Crippen LogP contribution is 2.42. The van der Waals surface area contributed by atoms with Crippen LogP contribution in [0.25, 0.3) is 17.2 Å². The minimum atomic E-state index is -1.17. The Kier molecular flexibility index (Phi) is 6.60. The van der Waals surface area contributed by atoms with E-state index in [2.05, 4.69) is 4.98 Å². The summed E-state index contributed by atoms with van der Waals surface area (Å²) < 4.78 is 10.6. The molecular formula is C25H23ClN2O5. The summed E-state index contributed by atoms with van der Waals surface area (Å²) in [5.41, 5.74) is 0.691. The van der Waals surface area contributed by atoms with Crippen LogP contribution >= 0.6 is 11.6 Å². The van der Waals surface area contributed by atoms with Crippen LogP contribution < -0.4 is 0 Å². The number of benzene rings is 2. The quantitative estimate of drug-likeness (QED) is 0.391. The number of carbonyl (C=O) groups is 3. The number of nitrogens with zero attached hydrogens (tertiary/aromatic N) is 2. The minimum absolute atomic E-state index is 0.0696. The van der Waals surface area contributed by atoms with Gasteiger partial charge in [0.15, 0.2) is 18.0 Å². The van der Waals surface area contributed by atoms with Gasteiger partial charge in [0.05, 0.1) is 0 Å². The van der Waals surface area contributed by atoms with Gasteiger partial charge in [0.2, 0.25) is 5.89 Å². The topological polar surface area (TPSA) is 89.7 Å². The van der Waals surface area contributed by atoms with Gasteiger partial charge in [-0.05, 0) is 37.5 Å². The van der Waals surface area contributed by atoms with E-state index in [0.29, 0.717) is 34.5 Å². The highest BCUT2D eigenvalue weighted by molar-refractivity contribution is 6.31. The number of amides is 1. The fourth-order valence-electron chi connectivity index (χ4n) is 4.22. The highest BCUT2D eigenvalue weighted by atomic mass is 35.5. The largest absolute Gasteiger partial charge is 0.452 e. The second kappa shape index (κ2) is 9.58. The number of ketones is 1. The Labute approximate surface area is 196 Å². The lowest BCUT2D eigenvalue weighted by Gasteiger charge is -2.43. The van der Waals surface area contributed by atoms with E-state index in [0.717, 1.165) is 18.9 Å². The van der Waals surface area contributed by atoms with Crippen molar-refractivity contribution >= 4 is 46.4 Å². The number of Topliss-reactive ketones (excluding diaryl/α,β-unsaturated/α-hetero) is 1. The number of esters is 1. The first-order valence-corrected chi connectivity index (χ1v) is 11.0. The third-order valence-corrected chi connectivity index (χ3v) is 6.26. The molecule has 1 fully saturated rings. The summed E-state index contributed by atoms with van der Waals surface area (Å²) in [4.78, 5) is 43.8. The van der Waals surface area contributed by atoms with Crippen molar-refractivity contribution in [3.63, 3.8) is 0 Å². The van der Waals surface area contributed by atoms with Crippen LogP contribution in [0.5, 0.6) is 0 Å². The normalized spacial score (nSPS) is 18.5. The summed E-state index contributed by atoms with van der Waals surface area (Å²) in [6, 6.07) is 14.3. The zero-order valence-corrected chi connectivity index (χ0v) is 18.9. The molecule has 4 rings (SSSR count). The number of aromatic nitrogens is 1. The van der Waals surface area contributed by atoms with Gasteiger partial charge < -0.3 is 14.1 Å². The van der Waals surface area contributed by atoms with E-state index in [9.17, 15) is 14.4 Å². The van der Waals surface area contributed by atoms with Crippen LogP contribution in [-0.4, -0.2) is 41.2 Å². The monoisotopic (exact) mass is 466 g/mol. The predicted octanol–water partition coefficient (Wildman–Crippen LogP) is 4.53. The first kappa shape index (κ1) is 22.7.